The van der Waals surface area contributed by atoms with Gasteiger partial charge in [-0.15, -0.1) is 0 Å². The van der Waals surface area contributed by atoms with Crippen LogP contribution in [0.25, 0.3) is 0 Å². The minimum atomic E-state index is -4.79. The Bertz CT molecular complexity index is 2000. The fraction of sp³-hybridized carbons (Fsp3) is 0.489. The Morgan fingerprint density at radius 2 is 0.982 bits per heavy atom. The summed E-state index contributed by atoms with van der Waals surface area (Å²) in [6, 6.07) is 16.8. The van der Waals surface area contributed by atoms with E-state index in [-0.39, 0.29) is 16.2 Å². The van der Waals surface area contributed by atoms with Crippen LogP contribution in [0.2, 0.25) is 0 Å². The molecule has 5 rings (SSSR count). The smallest absolute Gasteiger partial charge is 0.398 e. The molecular formula is C47H60F3N3O2. The van der Waals surface area contributed by atoms with Gasteiger partial charge in [0, 0.05) is 46.6 Å². The van der Waals surface area contributed by atoms with Crippen molar-refractivity contribution >= 4 is 17.1 Å². The van der Waals surface area contributed by atoms with Crippen LogP contribution in [0, 0.1) is 41.4 Å². The molecule has 0 aliphatic heterocycles. The average molecular weight is 756 g/mol. The number of benzene rings is 3. The summed E-state index contributed by atoms with van der Waals surface area (Å²) in [5, 5.41) is 19.0. The molecule has 0 radical (unpaired) electrons. The number of hydrogen-bond donors (Lipinski definition) is 5. The monoisotopic (exact) mass is 755 g/mol. The number of hydrogen-bond acceptors (Lipinski definition) is 5. The van der Waals surface area contributed by atoms with E-state index in [0.29, 0.717) is 24.6 Å². The van der Waals surface area contributed by atoms with E-state index < -0.39 is 17.4 Å². The third-order valence-corrected chi connectivity index (χ3v) is 9.38. The van der Waals surface area contributed by atoms with E-state index in [1.807, 2.05) is 51.0 Å². The van der Waals surface area contributed by atoms with E-state index in [1.54, 1.807) is 12.1 Å². The molecule has 2 aliphatic rings. The van der Waals surface area contributed by atoms with Crippen LogP contribution in [0.3, 0.4) is 0 Å². The van der Waals surface area contributed by atoms with Crippen molar-refractivity contribution < 1.29 is 23.4 Å². The highest BCUT2D eigenvalue weighted by Gasteiger charge is 2.49. The molecular weight excluding hydrogens is 696 g/mol. The van der Waals surface area contributed by atoms with E-state index in [4.69, 9.17) is 17.2 Å². The number of nitrogen functional groups attached to an aromatic ring is 3. The van der Waals surface area contributed by atoms with Gasteiger partial charge in [0.05, 0.1) is 5.60 Å². The van der Waals surface area contributed by atoms with Gasteiger partial charge in [-0.1, -0.05) is 97.8 Å². The summed E-state index contributed by atoms with van der Waals surface area (Å²) < 4.78 is 37.5. The molecule has 296 valence electrons. The lowest BCUT2D eigenvalue weighted by Gasteiger charge is -2.21. The van der Waals surface area contributed by atoms with Gasteiger partial charge in [-0.25, -0.2) is 0 Å². The Morgan fingerprint density at radius 1 is 0.618 bits per heavy atom. The fourth-order valence-corrected chi connectivity index (χ4v) is 5.37. The molecule has 8 N–H and O–H groups in total. The highest BCUT2D eigenvalue weighted by molar-refractivity contribution is 5.57. The van der Waals surface area contributed by atoms with Gasteiger partial charge in [-0.3, -0.25) is 0 Å². The van der Waals surface area contributed by atoms with Gasteiger partial charge in [-0.2, -0.15) is 13.2 Å². The second kappa shape index (κ2) is 17.1. The minimum absolute atomic E-state index is 0.0243. The maximum absolute atomic E-state index is 12.5. The van der Waals surface area contributed by atoms with Crippen molar-refractivity contribution in [1.29, 1.82) is 0 Å². The standard InChI is InChI=1S/C16H21NO.C16H21N.C15H18F3NO/c1-15(2,3)13-11-12(6-7-14(13)17)5-4-8-16(18)9-10-16;1-16(2,3)14-11-13(9-10-15(14)17)6-4-5-12-7-8-12;1-13(2,3)11-9-10(5-6-12(11)19)7-8-14(4,20)15(16,17)18/h6-7,11,18H,8-10,17H2,1-3H3;9-12H,5,7-8,17H2,1-3H3;5-6,9,20H,19H2,1-4H3. The number of nitrogens with two attached hydrogens (primary N) is 3. The lowest BCUT2D eigenvalue weighted by molar-refractivity contribution is -0.228. The van der Waals surface area contributed by atoms with Crippen molar-refractivity contribution in [2.45, 2.75) is 141 Å². The topological polar surface area (TPSA) is 119 Å². The van der Waals surface area contributed by atoms with Crippen LogP contribution < -0.4 is 17.2 Å². The maximum atomic E-state index is 12.5. The van der Waals surface area contributed by atoms with E-state index in [9.17, 15) is 23.4 Å². The summed E-state index contributed by atoms with van der Waals surface area (Å²) in [5.74, 6) is 17.8. The fourth-order valence-electron chi connectivity index (χ4n) is 5.37. The van der Waals surface area contributed by atoms with Gasteiger partial charge < -0.3 is 27.4 Å². The zero-order valence-electron chi connectivity index (χ0n) is 34.3. The molecule has 5 nitrogen and oxygen atoms in total. The first-order valence-corrected chi connectivity index (χ1v) is 18.8. The number of aliphatic hydroxyl groups is 2. The second-order valence-corrected chi connectivity index (χ2v) is 18.1. The number of halogens is 3. The normalized spacial score (nSPS) is 15.8. The van der Waals surface area contributed by atoms with Crippen molar-refractivity contribution in [1.82, 2.24) is 0 Å². The second-order valence-electron chi connectivity index (χ2n) is 18.1. The molecule has 0 heterocycles. The van der Waals surface area contributed by atoms with Gasteiger partial charge in [0.1, 0.15) is 0 Å². The molecule has 0 bridgehead atoms. The quantitative estimate of drug-likeness (QED) is 0.132. The van der Waals surface area contributed by atoms with Crippen molar-refractivity contribution in [2.75, 3.05) is 17.2 Å². The Kier molecular flexibility index (Phi) is 13.9. The van der Waals surface area contributed by atoms with Crippen LogP contribution >= 0.6 is 0 Å². The van der Waals surface area contributed by atoms with E-state index >= 15 is 0 Å². The third kappa shape index (κ3) is 14.2. The molecule has 0 aromatic heterocycles. The average Bonchev–Trinajstić information content (AvgIpc) is 3.99. The number of rotatable bonds is 2. The Hall–Kier alpha value is -4.55. The molecule has 2 aliphatic carbocycles. The van der Waals surface area contributed by atoms with Gasteiger partial charge in [0.2, 0.25) is 5.60 Å². The molecule has 0 saturated heterocycles. The summed E-state index contributed by atoms with van der Waals surface area (Å²) in [6.07, 6.45) is 1.33. The first-order valence-electron chi connectivity index (χ1n) is 18.8. The van der Waals surface area contributed by atoms with Crippen molar-refractivity contribution in [2.24, 2.45) is 5.92 Å². The zero-order valence-corrected chi connectivity index (χ0v) is 34.3. The number of alkyl halides is 3. The summed E-state index contributed by atoms with van der Waals surface area (Å²) in [6.45, 7) is 19.4. The highest BCUT2D eigenvalue weighted by Crippen LogP contribution is 2.38. The summed E-state index contributed by atoms with van der Waals surface area (Å²) in [4.78, 5) is 0. The summed E-state index contributed by atoms with van der Waals surface area (Å²) >= 11 is 0. The van der Waals surface area contributed by atoms with Crippen LogP contribution in [0.5, 0.6) is 0 Å². The van der Waals surface area contributed by atoms with Crippen molar-refractivity contribution in [3.05, 3.63) is 88.0 Å². The summed E-state index contributed by atoms with van der Waals surface area (Å²) in [5.41, 5.74) is 22.0. The predicted octanol–water partition coefficient (Wildman–Crippen LogP) is 9.78. The Morgan fingerprint density at radius 3 is 1.31 bits per heavy atom. The van der Waals surface area contributed by atoms with Gasteiger partial charge >= 0.3 is 6.18 Å². The highest BCUT2D eigenvalue weighted by atomic mass is 19.4. The minimum Gasteiger partial charge on any atom is -0.398 e. The van der Waals surface area contributed by atoms with Gasteiger partial charge in [-0.05, 0) is 126 Å². The maximum Gasteiger partial charge on any atom is 0.428 e. The molecule has 0 amide bonds. The lowest BCUT2D eigenvalue weighted by Crippen LogP contribution is -2.40. The zero-order chi connectivity index (χ0) is 41.6. The van der Waals surface area contributed by atoms with E-state index in [0.717, 1.165) is 58.8 Å². The molecule has 1 atom stereocenters. The molecule has 8 heteroatoms. The van der Waals surface area contributed by atoms with Crippen LogP contribution in [0.1, 0.15) is 141 Å². The first kappa shape index (κ1) is 44.8. The molecule has 3 aromatic rings. The van der Waals surface area contributed by atoms with Crippen molar-refractivity contribution in [3.8, 4) is 35.5 Å². The Labute approximate surface area is 327 Å². The number of anilines is 3. The molecule has 0 spiro atoms. The third-order valence-electron chi connectivity index (χ3n) is 9.38. The first-order chi connectivity index (χ1) is 25.1. The molecule has 55 heavy (non-hydrogen) atoms. The van der Waals surface area contributed by atoms with E-state index in [2.05, 4.69) is 83.3 Å². The molecule has 2 fully saturated rings. The van der Waals surface area contributed by atoms with E-state index in [1.165, 1.54) is 24.5 Å². The van der Waals surface area contributed by atoms with Crippen LogP contribution in [-0.4, -0.2) is 27.6 Å². The lowest BCUT2D eigenvalue weighted by atomic mass is 9.85. The van der Waals surface area contributed by atoms with Gasteiger partial charge in [0.15, 0.2) is 0 Å². The van der Waals surface area contributed by atoms with Crippen LogP contribution in [0.4, 0.5) is 30.2 Å². The predicted molar refractivity (Wildman–Crippen MR) is 222 cm³/mol. The van der Waals surface area contributed by atoms with Crippen LogP contribution in [0.15, 0.2) is 54.6 Å². The Balaban J connectivity index is 0.000000222. The van der Waals surface area contributed by atoms with Gasteiger partial charge in [0.25, 0.3) is 0 Å². The molecule has 3 aromatic carbocycles. The largest absolute Gasteiger partial charge is 0.428 e. The molecule has 2 saturated carbocycles. The summed E-state index contributed by atoms with van der Waals surface area (Å²) in [7, 11) is 0. The van der Waals surface area contributed by atoms with Crippen molar-refractivity contribution in [3.63, 3.8) is 0 Å². The molecule has 1 unspecified atom stereocenters. The van der Waals surface area contributed by atoms with Crippen LogP contribution in [-0.2, 0) is 16.2 Å². The SMILES string of the molecule is CC(C)(C)c1cc(C#CC(C)(O)C(F)(F)F)ccc1N.CC(C)(C)c1cc(C#CCC2(O)CC2)ccc1N.CC(C)(C)c1cc(C#CCC2CC2)ccc1N.